The van der Waals surface area contributed by atoms with Gasteiger partial charge in [0.1, 0.15) is 23.9 Å². The van der Waals surface area contributed by atoms with E-state index in [1.165, 1.54) is 28.8 Å². The van der Waals surface area contributed by atoms with Gasteiger partial charge in [-0.25, -0.2) is 4.39 Å². The topological polar surface area (TPSA) is 45.2 Å². The van der Waals surface area contributed by atoms with Crippen molar-refractivity contribution in [1.29, 1.82) is 0 Å². The molecule has 6 heteroatoms. The smallest absolute Gasteiger partial charge is 0.123 e. The molecule has 0 spiro atoms. The largest absolute Gasteiger partial charge is 0.508 e. The van der Waals surface area contributed by atoms with Crippen LogP contribution < -0.4 is 9.64 Å². The number of rotatable bonds is 7. The van der Waals surface area contributed by atoms with Gasteiger partial charge < -0.3 is 19.5 Å². The molecule has 0 amide bonds. The highest BCUT2D eigenvalue weighted by Gasteiger charge is 2.28. The number of anilines is 1. The van der Waals surface area contributed by atoms with Crippen LogP contribution in [0.1, 0.15) is 22.7 Å². The molecule has 1 atom stereocenters. The minimum Gasteiger partial charge on any atom is -0.508 e. The van der Waals surface area contributed by atoms with Crippen LogP contribution in [0.3, 0.4) is 0 Å². The Kier molecular flexibility index (Phi) is 6.97. The predicted octanol–water partition coefficient (Wildman–Crippen LogP) is 4.59. The van der Waals surface area contributed by atoms with E-state index >= 15 is 0 Å². The first-order valence-corrected chi connectivity index (χ1v) is 12.0. The summed E-state index contributed by atoms with van der Waals surface area (Å²) in [6.45, 7) is 5.91. The maximum atomic E-state index is 13.5. The van der Waals surface area contributed by atoms with Gasteiger partial charge in [0.25, 0.3) is 0 Å². The van der Waals surface area contributed by atoms with Crippen molar-refractivity contribution in [3.05, 3.63) is 89.2 Å². The summed E-state index contributed by atoms with van der Waals surface area (Å²) in [7, 11) is 0. The fraction of sp³-hybridized carbons (Fsp3) is 0.357. The zero-order valence-electron chi connectivity index (χ0n) is 19.3. The molecule has 2 heterocycles. The second-order valence-electron chi connectivity index (χ2n) is 8.97. The van der Waals surface area contributed by atoms with Gasteiger partial charge in [0.15, 0.2) is 0 Å². The molecule has 2 aliphatic heterocycles. The lowest BCUT2D eigenvalue weighted by atomic mass is 9.88. The molecular formula is C28H31FN2O3. The number of aromatic hydroxyl groups is 1. The lowest BCUT2D eigenvalue weighted by Gasteiger charge is -2.39. The van der Waals surface area contributed by atoms with E-state index in [4.69, 9.17) is 9.47 Å². The summed E-state index contributed by atoms with van der Waals surface area (Å²) < 4.78 is 24.9. The molecule has 0 bridgehead atoms. The molecule has 2 aliphatic rings. The molecule has 1 N–H and O–H groups in total. The van der Waals surface area contributed by atoms with E-state index in [1.54, 1.807) is 6.07 Å². The Bertz CT molecular complexity index is 1080. The van der Waals surface area contributed by atoms with E-state index < -0.39 is 0 Å². The van der Waals surface area contributed by atoms with Gasteiger partial charge in [0.05, 0.1) is 19.3 Å². The summed E-state index contributed by atoms with van der Waals surface area (Å²) in [4.78, 5) is 4.70. The van der Waals surface area contributed by atoms with E-state index in [1.807, 2.05) is 36.4 Å². The summed E-state index contributed by atoms with van der Waals surface area (Å²) in [6.07, 6.45) is 1.65. The van der Waals surface area contributed by atoms with Crippen molar-refractivity contribution in [3.63, 3.8) is 0 Å². The third-order valence-corrected chi connectivity index (χ3v) is 6.77. The van der Waals surface area contributed by atoms with Gasteiger partial charge in [0.2, 0.25) is 0 Å². The van der Waals surface area contributed by atoms with Crippen LogP contribution in [0, 0.1) is 5.82 Å². The maximum Gasteiger partial charge on any atom is 0.123 e. The van der Waals surface area contributed by atoms with Crippen molar-refractivity contribution in [2.24, 2.45) is 0 Å². The van der Waals surface area contributed by atoms with Crippen molar-refractivity contribution in [2.45, 2.75) is 18.9 Å². The summed E-state index contributed by atoms with van der Waals surface area (Å²) >= 11 is 0. The molecular weight excluding hydrogens is 431 g/mol. The Morgan fingerprint density at radius 2 is 1.71 bits per heavy atom. The fourth-order valence-electron chi connectivity index (χ4n) is 4.92. The number of phenols is 1. The number of morpholine rings is 1. The quantitative estimate of drug-likeness (QED) is 0.557. The first-order valence-electron chi connectivity index (χ1n) is 12.0. The fourth-order valence-corrected chi connectivity index (χ4v) is 4.92. The Hall–Kier alpha value is -3.09. The molecule has 0 saturated carbocycles. The lowest BCUT2D eigenvalue weighted by molar-refractivity contribution is 0.0322. The minimum atomic E-state index is -0.230. The van der Waals surface area contributed by atoms with E-state index in [0.29, 0.717) is 12.4 Å². The van der Waals surface area contributed by atoms with E-state index in [0.717, 1.165) is 63.7 Å². The maximum absolute atomic E-state index is 13.5. The van der Waals surface area contributed by atoms with E-state index in [2.05, 4.69) is 21.9 Å². The highest BCUT2D eigenvalue weighted by molar-refractivity contribution is 5.53. The van der Waals surface area contributed by atoms with Gasteiger partial charge in [0, 0.05) is 31.9 Å². The average Bonchev–Trinajstić information content (AvgIpc) is 2.86. The zero-order valence-corrected chi connectivity index (χ0v) is 19.3. The van der Waals surface area contributed by atoms with Gasteiger partial charge in [-0.2, -0.15) is 0 Å². The summed E-state index contributed by atoms with van der Waals surface area (Å²) in [5.74, 6) is 0.944. The minimum absolute atomic E-state index is 0.0999. The second kappa shape index (κ2) is 10.5. The van der Waals surface area contributed by atoms with E-state index in [-0.39, 0.29) is 11.9 Å². The molecule has 178 valence electrons. The number of hydrogen-bond acceptors (Lipinski definition) is 5. The first-order chi connectivity index (χ1) is 16.7. The molecule has 3 aromatic carbocycles. The highest BCUT2D eigenvalue weighted by atomic mass is 19.1. The van der Waals surface area contributed by atoms with Crippen molar-refractivity contribution < 1.29 is 19.0 Å². The number of halogens is 1. The number of ether oxygens (including phenoxy) is 2. The first kappa shape index (κ1) is 22.7. The van der Waals surface area contributed by atoms with Gasteiger partial charge in [-0.1, -0.05) is 18.2 Å². The van der Waals surface area contributed by atoms with Crippen molar-refractivity contribution >= 4 is 5.69 Å². The Labute approximate surface area is 200 Å². The summed E-state index contributed by atoms with van der Waals surface area (Å²) in [6, 6.07) is 20.8. The monoisotopic (exact) mass is 462 g/mol. The van der Waals surface area contributed by atoms with Crippen molar-refractivity contribution in [2.75, 3.05) is 50.9 Å². The molecule has 5 rings (SSSR count). The third kappa shape index (κ3) is 5.34. The SMILES string of the molecule is Oc1ccc2c(c1)CCN(c1ccc(F)cc1)C2Cc1ccc(OCCN2CCOCC2)cc1. The average molecular weight is 463 g/mol. The molecule has 5 nitrogen and oxygen atoms in total. The zero-order chi connectivity index (χ0) is 23.3. The van der Waals surface area contributed by atoms with Gasteiger partial charge >= 0.3 is 0 Å². The number of hydrogen-bond donors (Lipinski definition) is 1. The van der Waals surface area contributed by atoms with Crippen LogP contribution in [0.15, 0.2) is 66.7 Å². The molecule has 0 radical (unpaired) electrons. The van der Waals surface area contributed by atoms with Crippen LogP contribution in [0.25, 0.3) is 0 Å². The van der Waals surface area contributed by atoms with Crippen LogP contribution in [-0.2, 0) is 17.6 Å². The lowest BCUT2D eigenvalue weighted by Crippen LogP contribution is -2.38. The number of benzene rings is 3. The standard InChI is InChI=1S/C28H31FN2O3/c29-23-3-5-24(6-4-23)31-12-11-22-20-25(32)7-10-27(22)28(31)19-21-1-8-26(9-2-21)34-18-15-30-13-16-33-17-14-30/h1-10,20,28,32H,11-19H2. The van der Waals surface area contributed by atoms with Crippen LogP contribution >= 0.6 is 0 Å². The third-order valence-electron chi connectivity index (χ3n) is 6.77. The molecule has 1 unspecified atom stereocenters. The Morgan fingerprint density at radius 3 is 2.47 bits per heavy atom. The number of nitrogens with zero attached hydrogens (tertiary/aromatic N) is 2. The van der Waals surface area contributed by atoms with Crippen LogP contribution in [0.5, 0.6) is 11.5 Å². The van der Waals surface area contributed by atoms with Crippen molar-refractivity contribution in [3.8, 4) is 11.5 Å². The van der Waals surface area contributed by atoms with Gasteiger partial charge in [-0.15, -0.1) is 0 Å². The molecule has 0 aromatic heterocycles. The predicted molar refractivity (Wildman–Crippen MR) is 131 cm³/mol. The highest BCUT2D eigenvalue weighted by Crippen LogP contribution is 2.37. The number of fused-ring (bicyclic) bond motifs is 1. The molecule has 1 saturated heterocycles. The second-order valence-corrected chi connectivity index (χ2v) is 8.97. The molecule has 0 aliphatic carbocycles. The number of phenolic OH excluding ortho intramolecular Hbond substituents is 1. The molecule has 34 heavy (non-hydrogen) atoms. The molecule has 1 fully saturated rings. The Morgan fingerprint density at radius 1 is 0.941 bits per heavy atom. The van der Waals surface area contributed by atoms with Crippen LogP contribution in [0.2, 0.25) is 0 Å². The summed E-state index contributed by atoms with van der Waals surface area (Å²) in [5.41, 5.74) is 4.59. The van der Waals surface area contributed by atoms with Gasteiger partial charge in [-0.05, 0) is 78.1 Å². The van der Waals surface area contributed by atoms with Gasteiger partial charge in [-0.3, -0.25) is 4.90 Å². The Balaban J connectivity index is 1.29. The van der Waals surface area contributed by atoms with Crippen molar-refractivity contribution in [1.82, 2.24) is 4.90 Å². The van der Waals surface area contributed by atoms with Crippen LogP contribution in [0.4, 0.5) is 10.1 Å². The molecule has 3 aromatic rings. The summed E-state index contributed by atoms with van der Waals surface area (Å²) in [5, 5.41) is 9.98. The van der Waals surface area contributed by atoms with E-state index in [9.17, 15) is 9.50 Å². The normalized spacial score (nSPS) is 18.5. The van der Waals surface area contributed by atoms with Crippen LogP contribution in [-0.4, -0.2) is 56.0 Å².